The molecule has 9 heteroatoms. The number of hydrogen-bond donors (Lipinski definition) is 0. The highest BCUT2D eigenvalue weighted by atomic mass is 32.1. The molecule has 0 bridgehead atoms. The molecule has 0 atom stereocenters. The Bertz CT molecular complexity index is 1080. The van der Waals surface area contributed by atoms with Crippen LogP contribution in [0.1, 0.15) is 59.6 Å². The third kappa shape index (κ3) is 6.77. The fraction of sp³-hybridized carbons (Fsp3) is 0.375. The van der Waals surface area contributed by atoms with E-state index in [9.17, 15) is 18.0 Å². The number of carbonyl (C=O) groups is 1. The van der Waals surface area contributed by atoms with Gasteiger partial charge in [-0.2, -0.15) is 13.2 Å². The van der Waals surface area contributed by atoms with Gasteiger partial charge >= 0.3 is 12.1 Å². The summed E-state index contributed by atoms with van der Waals surface area (Å²) in [6.45, 7) is 4.25. The Morgan fingerprint density at radius 3 is 2.67 bits per heavy atom. The van der Waals surface area contributed by atoms with Gasteiger partial charge in [-0.15, -0.1) is 11.3 Å². The first kappa shape index (κ1) is 24.7. The number of hydrogen-bond acceptors (Lipinski definition) is 6. The quantitative estimate of drug-likeness (QED) is 0.244. The Morgan fingerprint density at radius 2 is 1.94 bits per heavy atom. The molecule has 2 heterocycles. The fourth-order valence-corrected chi connectivity index (χ4v) is 4.01. The van der Waals surface area contributed by atoms with E-state index in [1.807, 2.05) is 6.92 Å². The van der Waals surface area contributed by atoms with Gasteiger partial charge in [0.05, 0.1) is 35.0 Å². The lowest BCUT2D eigenvalue weighted by Crippen LogP contribution is -2.10. The average Bonchev–Trinajstić information content (AvgIpc) is 3.25. The number of esters is 1. The SMILES string of the molecule is CCCCCOc1ccc(Cc2nc(-c3cncc(C(=O)OCC)c3)cs2)cc1C(F)(F)F. The summed E-state index contributed by atoms with van der Waals surface area (Å²) < 4.78 is 51.2. The van der Waals surface area contributed by atoms with Crippen LogP contribution in [0.4, 0.5) is 13.2 Å². The van der Waals surface area contributed by atoms with Crippen LogP contribution >= 0.6 is 11.3 Å². The fourth-order valence-electron chi connectivity index (χ4n) is 3.17. The van der Waals surface area contributed by atoms with Crippen molar-refractivity contribution >= 4 is 17.3 Å². The molecule has 0 unspecified atom stereocenters. The zero-order chi connectivity index (χ0) is 23.8. The van der Waals surface area contributed by atoms with E-state index in [0.717, 1.165) is 18.9 Å². The van der Waals surface area contributed by atoms with Gasteiger partial charge < -0.3 is 9.47 Å². The van der Waals surface area contributed by atoms with Gasteiger partial charge in [0.2, 0.25) is 0 Å². The van der Waals surface area contributed by atoms with Crippen molar-refractivity contribution in [1.29, 1.82) is 0 Å². The summed E-state index contributed by atoms with van der Waals surface area (Å²) in [5, 5.41) is 2.44. The molecule has 3 rings (SSSR count). The second-order valence-corrected chi connectivity index (χ2v) is 8.31. The Morgan fingerprint density at radius 1 is 1.12 bits per heavy atom. The Balaban J connectivity index is 1.77. The largest absolute Gasteiger partial charge is 0.493 e. The van der Waals surface area contributed by atoms with Crippen LogP contribution in [0.2, 0.25) is 0 Å². The first-order chi connectivity index (χ1) is 15.8. The van der Waals surface area contributed by atoms with E-state index in [1.54, 1.807) is 30.6 Å². The molecule has 5 nitrogen and oxygen atoms in total. The number of rotatable bonds is 10. The van der Waals surface area contributed by atoms with Gasteiger partial charge in [-0.25, -0.2) is 9.78 Å². The molecule has 33 heavy (non-hydrogen) atoms. The van der Waals surface area contributed by atoms with Crippen LogP contribution < -0.4 is 4.74 Å². The summed E-state index contributed by atoms with van der Waals surface area (Å²) in [7, 11) is 0. The lowest BCUT2D eigenvalue weighted by Gasteiger charge is -2.15. The summed E-state index contributed by atoms with van der Waals surface area (Å²) >= 11 is 1.33. The molecule has 0 aliphatic rings. The molecule has 1 aromatic carbocycles. The molecular formula is C24H25F3N2O3S. The topological polar surface area (TPSA) is 61.3 Å². The molecule has 0 saturated carbocycles. The summed E-state index contributed by atoms with van der Waals surface area (Å²) in [6, 6.07) is 5.77. The van der Waals surface area contributed by atoms with Crippen molar-refractivity contribution in [2.75, 3.05) is 13.2 Å². The van der Waals surface area contributed by atoms with E-state index in [2.05, 4.69) is 9.97 Å². The van der Waals surface area contributed by atoms with Crippen molar-refractivity contribution in [3.63, 3.8) is 0 Å². The maximum absolute atomic E-state index is 13.6. The predicted molar refractivity (Wildman–Crippen MR) is 121 cm³/mol. The number of unbranched alkanes of at least 4 members (excludes halogenated alkanes) is 2. The lowest BCUT2D eigenvalue weighted by molar-refractivity contribution is -0.139. The van der Waals surface area contributed by atoms with Crippen molar-refractivity contribution < 1.29 is 27.4 Å². The Labute approximate surface area is 194 Å². The maximum atomic E-state index is 13.6. The van der Waals surface area contributed by atoms with Gasteiger partial charge in [0.1, 0.15) is 5.75 Å². The van der Waals surface area contributed by atoms with E-state index >= 15 is 0 Å². The van der Waals surface area contributed by atoms with Gasteiger partial charge in [-0.3, -0.25) is 4.98 Å². The van der Waals surface area contributed by atoms with Crippen LogP contribution in [0.15, 0.2) is 42.0 Å². The van der Waals surface area contributed by atoms with Crippen molar-refractivity contribution in [3.05, 3.63) is 63.7 Å². The number of nitrogens with zero attached hydrogens (tertiary/aromatic N) is 2. The number of ether oxygens (including phenoxy) is 2. The summed E-state index contributed by atoms with van der Waals surface area (Å²) in [4.78, 5) is 20.5. The lowest BCUT2D eigenvalue weighted by atomic mass is 10.1. The molecule has 0 radical (unpaired) electrons. The Kier molecular flexibility index (Phi) is 8.43. The summed E-state index contributed by atoms with van der Waals surface area (Å²) in [5.74, 6) is -0.622. The molecule has 0 aliphatic heterocycles. The van der Waals surface area contributed by atoms with Crippen molar-refractivity contribution in [2.24, 2.45) is 0 Å². The second-order valence-electron chi connectivity index (χ2n) is 7.37. The van der Waals surface area contributed by atoms with E-state index in [-0.39, 0.29) is 25.4 Å². The highest BCUT2D eigenvalue weighted by molar-refractivity contribution is 7.10. The molecule has 0 amide bonds. The molecule has 176 valence electrons. The van der Waals surface area contributed by atoms with Crippen LogP contribution in [-0.2, 0) is 17.3 Å². The highest BCUT2D eigenvalue weighted by Gasteiger charge is 2.34. The minimum Gasteiger partial charge on any atom is -0.493 e. The maximum Gasteiger partial charge on any atom is 0.419 e. The number of pyridine rings is 1. The number of halogens is 3. The van der Waals surface area contributed by atoms with Crippen LogP contribution in [-0.4, -0.2) is 29.2 Å². The number of carbonyl (C=O) groups excluding carboxylic acids is 1. The number of benzene rings is 1. The monoisotopic (exact) mass is 478 g/mol. The van der Waals surface area contributed by atoms with Gasteiger partial charge in [0.25, 0.3) is 0 Å². The van der Waals surface area contributed by atoms with Gasteiger partial charge in [0, 0.05) is 29.8 Å². The minimum atomic E-state index is -4.51. The minimum absolute atomic E-state index is 0.149. The number of aromatic nitrogens is 2. The molecule has 0 saturated heterocycles. The van der Waals surface area contributed by atoms with Crippen molar-refractivity contribution in [2.45, 2.75) is 45.7 Å². The normalized spacial score (nSPS) is 11.4. The summed E-state index contributed by atoms with van der Waals surface area (Å²) in [6.07, 6.45) is 1.31. The summed E-state index contributed by atoms with van der Waals surface area (Å²) in [5.41, 5.74) is 1.26. The van der Waals surface area contributed by atoms with E-state index in [1.165, 1.54) is 23.6 Å². The van der Waals surface area contributed by atoms with Gasteiger partial charge in [-0.1, -0.05) is 25.8 Å². The van der Waals surface area contributed by atoms with Crippen LogP contribution in [0, 0.1) is 0 Å². The number of thiazole rings is 1. The molecule has 3 aromatic rings. The Hall–Kier alpha value is -2.94. The third-order valence-electron chi connectivity index (χ3n) is 4.81. The molecule has 0 spiro atoms. The highest BCUT2D eigenvalue weighted by Crippen LogP contribution is 2.37. The first-order valence-corrected chi connectivity index (χ1v) is 11.6. The smallest absolute Gasteiger partial charge is 0.419 e. The van der Waals surface area contributed by atoms with Crippen molar-refractivity contribution in [3.8, 4) is 17.0 Å². The van der Waals surface area contributed by atoms with Crippen molar-refractivity contribution in [1.82, 2.24) is 9.97 Å². The zero-order valence-electron chi connectivity index (χ0n) is 18.4. The standard InChI is InChI=1S/C24H25F3N2O3S/c1-3-5-6-9-32-21-8-7-16(10-19(21)24(25,26)27)11-22-29-20(15-33-22)17-12-18(14-28-13-17)23(30)31-4-2/h7-8,10,12-15H,3-6,9,11H2,1-2H3. The predicted octanol–water partition coefficient (Wildman–Crippen LogP) is 6.56. The zero-order valence-corrected chi connectivity index (χ0v) is 19.3. The number of alkyl halides is 3. The van der Waals surface area contributed by atoms with Crippen LogP contribution in [0.3, 0.4) is 0 Å². The van der Waals surface area contributed by atoms with E-state index in [4.69, 9.17) is 9.47 Å². The first-order valence-electron chi connectivity index (χ1n) is 10.7. The van der Waals surface area contributed by atoms with Crippen LogP contribution in [0.25, 0.3) is 11.3 Å². The molecule has 0 fully saturated rings. The van der Waals surface area contributed by atoms with Gasteiger partial charge in [-0.05, 0) is 37.1 Å². The molecule has 2 aromatic heterocycles. The second kappa shape index (κ2) is 11.3. The molecular weight excluding hydrogens is 453 g/mol. The van der Waals surface area contributed by atoms with Crippen LogP contribution in [0.5, 0.6) is 5.75 Å². The van der Waals surface area contributed by atoms with E-state index < -0.39 is 17.7 Å². The molecule has 0 N–H and O–H groups in total. The van der Waals surface area contributed by atoms with E-state index in [0.29, 0.717) is 33.8 Å². The average molecular weight is 479 g/mol. The van der Waals surface area contributed by atoms with Gasteiger partial charge in [0.15, 0.2) is 0 Å². The molecule has 0 aliphatic carbocycles. The third-order valence-corrected chi connectivity index (χ3v) is 5.66.